The minimum Gasteiger partial charge on any atom is -0.501 e. The van der Waals surface area contributed by atoms with Crippen molar-refractivity contribution in [3.05, 3.63) is 35.6 Å². The monoisotopic (exact) mass is 366 g/mol. The lowest BCUT2D eigenvalue weighted by atomic mass is 9.93. The third-order valence-corrected chi connectivity index (χ3v) is 4.79. The molecular weight excluding hydrogens is 332 g/mol. The van der Waals surface area contributed by atoms with Gasteiger partial charge in [-0.15, -0.1) is 0 Å². The number of hydrogen-bond donors (Lipinski definition) is 3. The fourth-order valence-corrected chi connectivity index (χ4v) is 3.34. The van der Waals surface area contributed by atoms with Crippen LogP contribution >= 0.6 is 0 Å². The average Bonchev–Trinajstić information content (AvgIpc) is 2.91. The molecule has 26 heavy (non-hydrogen) atoms. The number of ether oxygens (including phenoxy) is 1. The van der Waals surface area contributed by atoms with E-state index in [4.69, 9.17) is 9.84 Å². The van der Waals surface area contributed by atoms with Crippen LogP contribution in [0, 0.1) is 5.92 Å². The number of aliphatic carboxylic acids is 1. The first-order valence-electron chi connectivity index (χ1n) is 9.69. The zero-order chi connectivity index (χ0) is 19.4. The zero-order valence-corrected chi connectivity index (χ0v) is 16.1. The second-order valence-corrected chi connectivity index (χ2v) is 6.88. The van der Waals surface area contributed by atoms with E-state index in [1.165, 1.54) is 6.08 Å². The molecule has 3 atom stereocenters. The second-order valence-electron chi connectivity index (χ2n) is 6.88. The summed E-state index contributed by atoms with van der Waals surface area (Å²) in [5, 5.41) is 29.0. The largest absolute Gasteiger partial charge is 0.501 e. The highest BCUT2D eigenvalue weighted by Crippen LogP contribution is 2.37. The molecule has 0 radical (unpaired) electrons. The Kier molecular flexibility index (Phi) is 11.0. The molecule has 0 bridgehead atoms. The number of unbranched alkanes of at least 4 members (excludes halogenated alkanes) is 4. The summed E-state index contributed by atoms with van der Waals surface area (Å²) in [6.07, 6.45) is 13.4. The van der Waals surface area contributed by atoms with Crippen molar-refractivity contribution in [1.29, 1.82) is 0 Å². The van der Waals surface area contributed by atoms with Crippen molar-refractivity contribution in [2.75, 3.05) is 7.11 Å². The molecule has 5 heteroatoms. The molecule has 1 aliphatic rings. The van der Waals surface area contributed by atoms with Gasteiger partial charge in [0.25, 0.3) is 0 Å². The van der Waals surface area contributed by atoms with E-state index in [-0.39, 0.29) is 5.92 Å². The molecular formula is C21H34O5. The molecule has 0 aliphatic heterocycles. The van der Waals surface area contributed by atoms with Crippen LogP contribution in [0.5, 0.6) is 0 Å². The number of carbonyl (C=O) groups is 1. The summed E-state index contributed by atoms with van der Waals surface area (Å²) in [6, 6.07) is 0. The van der Waals surface area contributed by atoms with Gasteiger partial charge in [0.15, 0.2) is 0 Å². The maximum absolute atomic E-state index is 10.4. The Balaban J connectivity index is 2.56. The zero-order valence-electron chi connectivity index (χ0n) is 16.1. The molecule has 1 rings (SSSR count). The lowest BCUT2D eigenvalue weighted by Crippen LogP contribution is -2.15. The van der Waals surface area contributed by atoms with Crippen molar-refractivity contribution in [2.45, 2.75) is 76.9 Å². The van der Waals surface area contributed by atoms with E-state index in [1.54, 1.807) is 19.3 Å². The molecule has 5 nitrogen and oxygen atoms in total. The fraction of sp³-hybridized carbons (Fsp3) is 0.667. The first-order valence-corrected chi connectivity index (χ1v) is 9.69. The van der Waals surface area contributed by atoms with Crippen molar-refractivity contribution in [2.24, 2.45) is 5.92 Å². The van der Waals surface area contributed by atoms with E-state index in [0.717, 1.165) is 62.7 Å². The Morgan fingerprint density at radius 3 is 2.73 bits per heavy atom. The van der Waals surface area contributed by atoms with Crippen molar-refractivity contribution in [3.63, 3.8) is 0 Å². The van der Waals surface area contributed by atoms with Crippen LogP contribution in [0.4, 0.5) is 0 Å². The lowest BCUT2D eigenvalue weighted by Gasteiger charge is -2.15. The highest BCUT2D eigenvalue weighted by molar-refractivity contribution is 5.79. The summed E-state index contributed by atoms with van der Waals surface area (Å²) >= 11 is 0. The first-order chi connectivity index (χ1) is 12.5. The number of allylic oxidation sites excluding steroid dienone is 1. The molecule has 1 aliphatic carbocycles. The third-order valence-electron chi connectivity index (χ3n) is 4.79. The number of aliphatic hydroxyl groups excluding tert-OH is 2. The highest BCUT2D eigenvalue weighted by atomic mass is 16.5. The number of rotatable bonds is 13. The van der Waals surface area contributed by atoms with Crippen LogP contribution in [0.1, 0.15) is 64.7 Å². The van der Waals surface area contributed by atoms with Gasteiger partial charge in [-0.1, -0.05) is 44.4 Å². The lowest BCUT2D eigenvalue weighted by molar-refractivity contribution is -0.131. The molecule has 0 saturated heterocycles. The van der Waals surface area contributed by atoms with Gasteiger partial charge in [-0.05, 0) is 37.7 Å². The van der Waals surface area contributed by atoms with Crippen LogP contribution in [-0.2, 0) is 9.53 Å². The Hall–Kier alpha value is -1.59. The van der Waals surface area contributed by atoms with Gasteiger partial charge in [-0.2, -0.15) is 0 Å². The summed E-state index contributed by atoms with van der Waals surface area (Å²) in [7, 11) is 1.63. The SMILES string of the molecule is CCCCC[C@H](O)/C=C/[C@@H]1C(CCCC/C=C/C(=O)O)=C(OC)C[C@H]1O. The predicted octanol–water partition coefficient (Wildman–Crippen LogP) is 3.97. The molecule has 0 amide bonds. The van der Waals surface area contributed by atoms with Gasteiger partial charge in [0.2, 0.25) is 0 Å². The molecule has 3 N–H and O–H groups in total. The molecule has 0 aromatic rings. The molecule has 0 fully saturated rings. The normalized spacial score (nSPS) is 21.8. The van der Waals surface area contributed by atoms with Crippen molar-refractivity contribution >= 4 is 5.97 Å². The van der Waals surface area contributed by atoms with E-state index in [2.05, 4.69) is 6.92 Å². The second kappa shape index (κ2) is 12.7. The van der Waals surface area contributed by atoms with E-state index < -0.39 is 18.2 Å². The summed E-state index contributed by atoms with van der Waals surface area (Å²) in [4.78, 5) is 10.4. The van der Waals surface area contributed by atoms with E-state index in [1.807, 2.05) is 6.08 Å². The molecule has 0 unspecified atom stereocenters. The van der Waals surface area contributed by atoms with Crippen LogP contribution in [-0.4, -0.2) is 40.6 Å². The maximum Gasteiger partial charge on any atom is 0.327 e. The van der Waals surface area contributed by atoms with Crippen LogP contribution in [0.2, 0.25) is 0 Å². The van der Waals surface area contributed by atoms with Gasteiger partial charge in [0.05, 0.1) is 25.1 Å². The average molecular weight is 366 g/mol. The number of carboxylic acid groups (broad SMARTS) is 1. The van der Waals surface area contributed by atoms with Crippen molar-refractivity contribution in [3.8, 4) is 0 Å². The topological polar surface area (TPSA) is 87.0 Å². The number of aliphatic hydroxyl groups is 2. The minimum atomic E-state index is -0.920. The van der Waals surface area contributed by atoms with Crippen LogP contribution in [0.25, 0.3) is 0 Å². The summed E-state index contributed by atoms with van der Waals surface area (Å²) in [6.45, 7) is 2.14. The van der Waals surface area contributed by atoms with Gasteiger partial charge in [-0.3, -0.25) is 0 Å². The summed E-state index contributed by atoms with van der Waals surface area (Å²) < 4.78 is 5.45. The standard InChI is InChI=1S/C21H34O5/c1-3-4-7-10-16(22)13-14-17-18(20(26-2)15-19(17)23)11-8-5-6-9-12-21(24)25/h9,12-14,16-17,19,22-23H,3-8,10-11,15H2,1-2H3,(H,24,25)/b12-9+,14-13+/t16-,17+,19+/m0/s1. The van der Waals surface area contributed by atoms with Crippen LogP contribution in [0.15, 0.2) is 35.6 Å². The summed E-state index contributed by atoms with van der Waals surface area (Å²) in [5.41, 5.74) is 1.10. The molecule has 0 aromatic carbocycles. The molecule has 0 spiro atoms. The van der Waals surface area contributed by atoms with Gasteiger partial charge in [0.1, 0.15) is 0 Å². The van der Waals surface area contributed by atoms with Gasteiger partial charge >= 0.3 is 5.97 Å². The Morgan fingerprint density at radius 1 is 1.31 bits per heavy atom. The minimum absolute atomic E-state index is 0.111. The van der Waals surface area contributed by atoms with E-state index >= 15 is 0 Å². The Labute approximate surface area is 157 Å². The molecule has 148 valence electrons. The highest BCUT2D eigenvalue weighted by Gasteiger charge is 2.32. The summed E-state index contributed by atoms with van der Waals surface area (Å²) in [5.74, 6) is -0.190. The molecule has 0 saturated carbocycles. The molecule has 0 heterocycles. The Bertz CT molecular complexity index is 507. The number of carboxylic acids is 1. The quantitative estimate of drug-likeness (QED) is 0.261. The fourth-order valence-electron chi connectivity index (χ4n) is 3.34. The third kappa shape index (κ3) is 8.19. The van der Waals surface area contributed by atoms with Gasteiger partial charge in [0, 0.05) is 18.4 Å². The van der Waals surface area contributed by atoms with Gasteiger partial charge < -0.3 is 20.1 Å². The maximum atomic E-state index is 10.4. The van der Waals surface area contributed by atoms with Crippen LogP contribution < -0.4 is 0 Å². The van der Waals surface area contributed by atoms with Gasteiger partial charge in [-0.25, -0.2) is 4.79 Å². The van der Waals surface area contributed by atoms with Crippen LogP contribution in [0.3, 0.4) is 0 Å². The first kappa shape index (κ1) is 22.5. The Morgan fingerprint density at radius 2 is 2.08 bits per heavy atom. The van der Waals surface area contributed by atoms with Crippen molar-refractivity contribution in [1.82, 2.24) is 0 Å². The van der Waals surface area contributed by atoms with E-state index in [9.17, 15) is 15.0 Å². The smallest absolute Gasteiger partial charge is 0.327 e. The number of methoxy groups -OCH3 is 1. The molecule has 0 aromatic heterocycles. The predicted molar refractivity (Wildman–Crippen MR) is 103 cm³/mol. The number of hydrogen-bond acceptors (Lipinski definition) is 4. The van der Waals surface area contributed by atoms with Crippen molar-refractivity contribution < 1.29 is 24.9 Å². The van der Waals surface area contributed by atoms with E-state index in [0.29, 0.717) is 6.42 Å².